The molecule has 2 aromatic rings. The van der Waals surface area contributed by atoms with E-state index in [1.807, 2.05) is 30.7 Å². The van der Waals surface area contributed by atoms with Crippen molar-refractivity contribution in [3.05, 3.63) is 35.8 Å². The Morgan fingerprint density at radius 3 is 3.06 bits per heavy atom. The molecule has 0 unspecified atom stereocenters. The fourth-order valence-electron chi connectivity index (χ4n) is 1.76. The molecule has 0 atom stereocenters. The van der Waals surface area contributed by atoms with Gasteiger partial charge in [0.25, 0.3) is 5.91 Å². The van der Waals surface area contributed by atoms with Crippen LogP contribution in [0, 0.1) is 0 Å². The van der Waals surface area contributed by atoms with E-state index >= 15 is 0 Å². The third-order valence-electron chi connectivity index (χ3n) is 2.74. The minimum Gasteiger partial charge on any atom is -0.344 e. The summed E-state index contributed by atoms with van der Waals surface area (Å²) in [5, 5.41) is 9.56. The van der Waals surface area contributed by atoms with Crippen molar-refractivity contribution in [1.29, 1.82) is 0 Å². The molecule has 0 fully saturated rings. The van der Waals surface area contributed by atoms with Crippen LogP contribution in [0.15, 0.2) is 24.5 Å². The Labute approximate surface area is 99.8 Å². The molecule has 0 aliphatic heterocycles. The Bertz CT molecular complexity index is 512. The van der Waals surface area contributed by atoms with E-state index in [4.69, 9.17) is 0 Å². The molecule has 2 N–H and O–H groups in total. The first kappa shape index (κ1) is 11.4. The molecule has 1 amide bonds. The van der Waals surface area contributed by atoms with Crippen LogP contribution in [0.25, 0.3) is 0 Å². The molecule has 5 nitrogen and oxygen atoms in total. The molecular formula is C12H16N4O. The van der Waals surface area contributed by atoms with Gasteiger partial charge in [0.2, 0.25) is 0 Å². The van der Waals surface area contributed by atoms with Crippen molar-refractivity contribution < 1.29 is 4.79 Å². The van der Waals surface area contributed by atoms with E-state index in [0.717, 1.165) is 18.5 Å². The van der Waals surface area contributed by atoms with Gasteiger partial charge in [-0.2, -0.15) is 5.10 Å². The van der Waals surface area contributed by atoms with Crippen LogP contribution in [0.5, 0.6) is 0 Å². The zero-order valence-corrected chi connectivity index (χ0v) is 10.0. The zero-order valence-electron chi connectivity index (χ0n) is 10.0. The summed E-state index contributed by atoms with van der Waals surface area (Å²) in [6, 6.07) is 3.67. The predicted molar refractivity (Wildman–Crippen MR) is 66.0 cm³/mol. The topological polar surface area (TPSA) is 62.7 Å². The number of rotatable bonds is 4. The standard InChI is InChI=1S/C12H16N4O/c1-3-9-8-13-15-11(9)14-12(17)10-6-5-7-16(10)4-2/h5-8H,3-4H2,1-2H3,(H2,13,14,15,17). The number of hydrogen-bond acceptors (Lipinski definition) is 2. The highest BCUT2D eigenvalue weighted by Crippen LogP contribution is 2.13. The second kappa shape index (κ2) is 4.86. The van der Waals surface area contributed by atoms with Gasteiger partial charge in [-0.3, -0.25) is 9.89 Å². The predicted octanol–water partition coefficient (Wildman–Crippen LogP) is 2.05. The van der Waals surface area contributed by atoms with Crippen molar-refractivity contribution in [2.45, 2.75) is 26.8 Å². The maximum Gasteiger partial charge on any atom is 0.273 e. The van der Waals surface area contributed by atoms with Crippen molar-refractivity contribution in [2.24, 2.45) is 0 Å². The van der Waals surface area contributed by atoms with Crippen molar-refractivity contribution in [1.82, 2.24) is 14.8 Å². The molecule has 0 spiro atoms. The minimum absolute atomic E-state index is 0.115. The van der Waals surface area contributed by atoms with Gasteiger partial charge in [0.15, 0.2) is 0 Å². The highest BCUT2D eigenvalue weighted by Gasteiger charge is 2.12. The lowest BCUT2D eigenvalue weighted by Crippen LogP contribution is -2.17. The fourth-order valence-corrected chi connectivity index (χ4v) is 1.76. The number of amides is 1. The van der Waals surface area contributed by atoms with Crippen LogP contribution >= 0.6 is 0 Å². The number of carbonyl (C=O) groups is 1. The molecule has 0 saturated carbocycles. The summed E-state index contributed by atoms with van der Waals surface area (Å²) < 4.78 is 1.90. The van der Waals surface area contributed by atoms with Crippen LogP contribution in [0.4, 0.5) is 5.82 Å². The maximum absolute atomic E-state index is 12.0. The molecule has 2 aromatic heterocycles. The number of nitrogens with zero attached hydrogens (tertiary/aromatic N) is 2. The molecule has 90 valence electrons. The summed E-state index contributed by atoms with van der Waals surface area (Å²) >= 11 is 0. The van der Waals surface area contributed by atoms with Crippen molar-refractivity contribution in [3.63, 3.8) is 0 Å². The van der Waals surface area contributed by atoms with Gasteiger partial charge in [-0.1, -0.05) is 6.92 Å². The molecular weight excluding hydrogens is 216 g/mol. The number of H-pyrrole nitrogens is 1. The number of nitrogens with one attached hydrogen (secondary N) is 2. The molecule has 2 rings (SSSR count). The molecule has 0 aliphatic carbocycles. The van der Waals surface area contributed by atoms with Gasteiger partial charge in [-0.05, 0) is 25.5 Å². The van der Waals surface area contributed by atoms with Crippen LogP contribution in [0.2, 0.25) is 0 Å². The average molecular weight is 232 g/mol. The number of aromatic nitrogens is 3. The van der Waals surface area contributed by atoms with Gasteiger partial charge in [0, 0.05) is 18.3 Å². The monoisotopic (exact) mass is 232 g/mol. The number of anilines is 1. The molecule has 0 saturated heterocycles. The lowest BCUT2D eigenvalue weighted by molar-refractivity contribution is 0.101. The van der Waals surface area contributed by atoms with E-state index in [9.17, 15) is 4.79 Å². The quantitative estimate of drug-likeness (QED) is 0.847. The average Bonchev–Trinajstić information content (AvgIpc) is 2.96. The van der Waals surface area contributed by atoms with Gasteiger partial charge in [0.05, 0.1) is 6.20 Å². The number of aryl methyl sites for hydroxylation is 2. The number of hydrogen-bond donors (Lipinski definition) is 2. The first-order valence-corrected chi connectivity index (χ1v) is 5.75. The third-order valence-corrected chi connectivity index (χ3v) is 2.74. The second-order valence-corrected chi connectivity index (χ2v) is 3.76. The lowest BCUT2D eigenvalue weighted by atomic mass is 10.2. The normalized spacial score (nSPS) is 10.5. The van der Waals surface area contributed by atoms with Crippen LogP contribution in [-0.2, 0) is 13.0 Å². The maximum atomic E-state index is 12.0. The number of aromatic amines is 1. The Kier molecular flexibility index (Phi) is 3.27. The Morgan fingerprint density at radius 2 is 2.35 bits per heavy atom. The fraction of sp³-hybridized carbons (Fsp3) is 0.333. The molecule has 0 aliphatic rings. The third kappa shape index (κ3) is 2.22. The smallest absolute Gasteiger partial charge is 0.273 e. The van der Waals surface area contributed by atoms with Crippen LogP contribution in [0.3, 0.4) is 0 Å². The summed E-state index contributed by atoms with van der Waals surface area (Å²) in [7, 11) is 0. The SMILES string of the molecule is CCc1cn[nH]c1NC(=O)c1cccn1CC. The van der Waals surface area contributed by atoms with Gasteiger partial charge in [0.1, 0.15) is 11.5 Å². The summed E-state index contributed by atoms with van der Waals surface area (Å²) in [4.78, 5) is 12.0. The van der Waals surface area contributed by atoms with E-state index in [0.29, 0.717) is 11.5 Å². The molecule has 5 heteroatoms. The highest BCUT2D eigenvalue weighted by molar-refractivity contribution is 6.03. The van der Waals surface area contributed by atoms with E-state index in [1.165, 1.54) is 0 Å². The zero-order chi connectivity index (χ0) is 12.3. The Balaban J connectivity index is 2.17. The van der Waals surface area contributed by atoms with E-state index in [-0.39, 0.29) is 5.91 Å². The Morgan fingerprint density at radius 1 is 1.53 bits per heavy atom. The van der Waals surface area contributed by atoms with E-state index < -0.39 is 0 Å². The van der Waals surface area contributed by atoms with E-state index in [2.05, 4.69) is 15.5 Å². The van der Waals surface area contributed by atoms with Crippen molar-refractivity contribution in [3.8, 4) is 0 Å². The van der Waals surface area contributed by atoms with Crippen LogP contribution < -0.4 is 5.32 Å². The molecule has 0 radical (unpaired) electrons. The first-order chi connectivity index (χ1) is 8.26. The van der Waals surface area contributed by atoms with Crippen LogP contribution in [0.1, 0.15) is 29.9 Å². The second-order valence-electron chi connectivity index (χ2n) is 3.76. The van der Waals surface area contributed by atoms with Gasteiger partial charge in [-0.15, -0.1) is 0 Å². The first-order valence-electron chi connectivity index (χ1n) is 5.75. The number of carbonyl (C=O) groups excluding carboxylic acids is 1. The van der Waals surface area contributed by atoms with Gasteiger partial charge in [-0.25, -0.2) is 0 Å². The molecule has 0 bridgehead atoms. The van der Waals surface area contributed by atoms with Gasteiger partial charge >= 0.3 is 0 Å². The summed E-state index contributed by atoms with van der Waals surface area (Å²) in [5.41, 5.74) is 1.66. The summed E-state index contributed by atoms with van der Waals surface area (Å²) in [6.07, 6.45) is 4.46. The summed E-state index contributed by atoms with van der Waals surface area (Å²) in [5.74, 6) is 0.567. The van der Waals surface area contributed by atoms with E-state index in [1.54, 1.807) is 12.3 Å². The minimum atomic E-state index is -0.115. The summed E-state index contributed by atoms with van der Waals surface area (Å²) in [6.45, 7) is 4.80. The van der Waals surface area contributed by atoms with Crippen LogP contribution in [-0.4, -0.2) is 20.7 Å². The molecule has 2 heterocycles. The highest BCUT2D eigenvalue weighted by atomic mass is 16.2. The van der Waals surface area contributed by atoms with Crippen molar-refractivity contribution in [2.75, 3.05) is 5.32 Å². The lowest BCUT2D eigenvalue weighted by Gasteiger charge is -2.07. The molecule has 17 heavy (non-hydrogen) atoms. The molecule has 0 aromatic carbocycles. The van der Waals surface area contributed by atoms with Gasteiger partial charge < -0.3 is 9.88 Å². The van der Waals surface area contributed by atoms with Crippen molar-refractivity contribution >= 4 is 11.7 Å². The Hall–Kier alpha value is -2.04. The largest absolute Gasteiger partial charge is 0.344 e.